The van der Waals surface area contributed by atoms with E-state index in [0.29, 0.717) is 0 Å². The number of hydrogen-bond donors (Lipinski definition) is 1. The van der Waals surface area contributed by atoms with Crippen LogP contribution < -0.4 is 0 Å². The summed E-state index contributed by atoms with van der Waals surface area (Å²) in [5.41, 5.74) is 2.12. The summed E-state index contributed by atoms with van der Waals surface area (Å²) < 4.78 is 0. The van der Waals surface area contributed by atoms with Crippen LogP contribution in [0.3, 0.4) is 0 Å². The summed E-state index contributed by atoms with van der Waals surface area (Å²) in [7, 11) is 0. The maximum Gasteiger partial charge on any atom is 2.00 e. The summed E-state index contributed by atoms with van der Waals surface area (Å²) in [4.78, 5) is 7.07. The molecule has 0 aliphatic carbocycles. The quantitative estimate of drug-likeness (QED) is 0.617. The summed E-state index contributed by atoms with van der Waals surface area (Å²) in [5.74, 6) is 0. The van der Waals surface area contributed by atoms with Gasteiger partial charge in [-0.1, -0.05) is 12.1 Å². The molecular formula is C7H6N2Zn+2. The van der Waals surface area contributed by atoms with E-state index >= 15 is 0 Å². The van der Waals surface area contributed by atoms with Crippen LogP contribution in [0.1, 0.15) is 0 Å². The van der Waals surface area contributed by atoms with E-state index in [1.165, 1.54) is 0 Å². The Morgan fingerprint density at radius 2 is 2.00 bits per heavy atom. The zero-order valence-electron chi connectivity index (χ0n) is 5.54. The van der Waals surface area contributed by atoms with Crippen molar-refractivity contribution in [3.05, 3.63) is 30.6 Å². The number of nitrogens with zero attached hydrogens (tertiary/aromatic N) is 1. The first-order valence-electron chi connectivity index (χ1n) is 2.85. The molecule has 44 valence electrons. The molecule has 0 fully saturated rings. The first-order chi connectivity index (χ1) is 4.47. The van der Waals surface area contributed by atoms with Crippen LogP contribution in [0.15, 0.2) is 30.6 Å². The van der Waals surface area contributed by atoms with Crippen molar-refractivity contribution in [2.45, 2.75) is 0 Å². The van der Waals surface area contributed by atoms with Gasteiger partial charge in [-0.15, -0.1) is 0 Å². The number of H-pyrrole nitrogens is 1. The molecule has 0 radical (unpaired) electrons. The van der Waals surface area contributed by atoms with Gasteiger partial charge >= 0.3 is 19.5 Å². The molecule has 2 aromatic rings. The van der Waals surface area contributed by atoms with Gasteiger partial charge in [-0.2, -0.15) is 0 Å². The van der Waals surface area contributed by atoms with Gasteiger partial charge < -0.3 is 4.98 Å². The third kappa shape index (κ3) is 1.10. The molecule has 0 amide bonds. The molecule has 1 heterocycles. The molecule has 1 aromatic carbocycles. The van der Waals surface area contributed by atoms with Gasteiger partial charge in [-0.3, -0.25) is 0 Å². The van der Waals surface area contributed by atoms with Crippen molar-refractivity contribution in [1.29, 1.82) is 0 Å². The molecule has 0 spiro atoms. The van der Waals surface area contributed by atoms with Gasteiger partial charge in [0.05, 0.1) is 17.4 Å². The number of rotatable bonds is 0. The Morgan fingerprint density at radius 3 is 2.80 bits per heavy atom. The van der Waals surface area contributed by atoms with Crippen molar-refractivity contribution < 1.29 is 19.5 Å². The fraction of sp³-hybridized carbons (Fsp3) is 0. The predicted molar refractivity (Wildman–Crippen MR) is 36.1 cm³/mol. The fourth-order valence-corrected chi connectivity index (χ4v) is 0.880. The SMILES string of the molecule is [Zn+2].c1ccc2[nH]cnc2c1. The first-order valence-corrected chi connectivity index (χ1v) is 2.85. The van der Waals surface area contributed by atoms with E-state index in [0.717, 1.165) is 11.0 Å². The van der Waals surface area contributed by atoms with Crippen LogP contribution in [0.25, 0.3) is 11.0 Å². The standard InChI is InChI=1S/C7H6N2.Zn/c1-2-4-7-6(3-1)8-5-9-7;/h1-5H,(H,8,9);/q;+2. The number of nitrogens with one attached hydrogen (secondary N) is 1. The smallest absolute Gasteiger partial charge is 0.345 e. The Hall–Kier alpha value is -0.687. The van der Waals surface area contributed by atoms with E-state index in [4.69, 9.17) is 0 Å². The molecule has 3 heteroatoms. The van der Waals surface area contributed by atoms with Gasteiger partial charge in [0, 0.05) is 0 Å². The van der Waals surface area contributed by atoms with E-state index in [9.17, 15) is 0 Å². The zero-order chi connectivity index (χ0) is 6.10. The molecule has 2 rings (SSSR count). The maximum atomic E-state index is 4.06. The van der Waals surface area contributed by atoms with E-state index in [1.807, 2.05) is 24.3 Å². The molecule has 0 aliphatic heterocycles. The van der Waals surface area contributed by atoms with Gasteiger partial charge in [-0.05, 0) is 12.1 Å². The number of benzene rings is 1. The van der Waals surface area contributed by atoms with Crippen LogP contribution in [-0.2, 0) is 19.5 Å². The number of imidazole rings is 1. The second-order valence-corrected chi connectivity index (χ2v) is 1.92. The first kappa shape index (κ1) is 7.42. The number of para-hydroxylation sites is 2. The molecule has 10 heavy (non-hydrogen) atoms. The Labute approximate surface area is 71.4 Å². The van der Waals surface area contributed by atoms with Crippen molar-refractivity contribution in [2.75, 3.05) is 0 Å². The van der Waals surface area contributed by atoms with E-state index in [-0.39, 0.29) is 19.5 Å². The fourth-order valence-electron chi connectivity index (χ4n) is 0.880. The van der Waals surface area contributed by atoms with Crippen LogP contribution in [0.5, 0.6) is 0 Å². The van der Waals surface area contributed by atoms with Crippen LogP contribution in [-0.4, -0.2) is 9.97 Å². The summed E-state index contributed by atoms with van der Waals surface area (Å²) in [6.45, 7) is 0. The molecule has 0 bridgehead atoms. The van der Waals surface area contributed by atoms with Crippen LogP contribution >= 0.6 is 0 Å². The summed E-state index contributed by atoms with van der Waals surface area (Å²) >= 11 is 0. The van der Waals surface area contributed by atoms with Gasteiger partial charge in [0.25, 0.3) is 0 Å². The molecular weight excluding hydrogens is 177 g/mol. The maximum absolute atomic E-state index is 4.06. The van der Waals surface area contributed by atoms with Crippen LogP contribution in [0, 0.1) is 0 Å². The molecule has 1 N–H and O–H groups in total. The molecule has 0 saturated heterocycles. The number of aromatic amines is 1. The van der Waals surface area contributed by atoms with E-state index in [1.54, 1.807) is 6.33 Å². The summed E-state index contributed by atoms with van der Waals surface area (Å²) in [6.07, 6.45) is 1.70. The Morgan fingerprint density at radius 1 is 1.20 bits per heavy atom. The van der Waals surface area contributed by atoms with E-state index in [2.05, 4.69) is 9.97 Å². The van der Waals surface area contributed by atoms with Crippen LogP contribution in [0.2, 0.25) is 0 Å². The van der Waals surface area contributed by atoms with Gasteiger partial charge in [-0.25, -0.2) is 4.98 Å². The van der Waals surface area contributed by atoms with Crippen molar-refractivity contribution in [3.63, 3.8) is 0 Å². The molecule has 2 nitrogen and oxygen atoms in total. The van der Waals surface area contributed by atoms with Gasteiger partial charge in [0.15, 0.2) is 0 Å². The van der Waals surface area contributed by atoms with Crippen molar-refractivity contribution in [3.8, 4) is 0 Å². The third-order valence-corrected chi connectivity index (χ3v) is 1.33. The minimum Gasteiger partial charge on any atom is -0.345 e. The van der Waals surface area contributed by atoms with E-state index < -0.39 is 0 Å². The monoisotopic (exact) mass is 182 g/mol. The topological polar surface area (TPSA) is 28.7 Å². The average Bonchev–Trinajstić information content (AvgIpc) is 2.33. The minimum atomic E-state index is 0. The average molecular weight is 184 g/mol. The molecule has 0 atom stereocenters. The number of fused-ring (bicyclic) bond motifs is 1. The molecule has 0 saturated carbocycles. The minimum absolute atomic E-state index is 0. The summed E-state index contributed by atoms with van der Waals surface area (Å²) in [5, 5.41) is 0. The van der Waals surface area contributed by atoms with Crippen molar-refractivity contribution in [2.24, 2.45) is 0 Å². The molecule has 1 aromatic heterocycles. The van der Waals surface area contributed by atoms with Gasteiger partial charge in [0.1, 0.15) is 0 Å². The van der Waals surface area contributed by atoms with Crippen molar-refractivity contribution in [1.82, 2.24) is 9.97 Å². The normalized spacial score (nSPS) is 9.20. The Balaban J connectivity index is 0.000000500. The number of hydrogen-bond acceptors (Lipinski definition) is 1. The second-order valence-electron chi connectivity index (χ2n) is 1.92. The number of aromatic nitrogens is 2. The zero-order valence-corrected chi connectivity index (χ0v) is 8.51. The predicted octanol–water partition coefficient (Wildman–Crippen LogP) is 1.56. The third-order valence-electron chi connectivity index (χ3n) is 1.33. The van der Waals surface area contributed by atoms with Crippen LogP contribution in [0.4, 0.5) is 0 Å². The van der Waals surface area contributed by atoms with Crippen molar-refractivity contribution >= 4 is 11.0 Å². The largest absolute Gasteiger partial charge is 2.00 e. The Kier molecular flexibility index (Phi) is 2.18. The van der Waals surface area contributed by atoms with Gasteiger partial charge in [0.2, 0.25) is 0 Å². The Bertz CT molecular complexity index is 286. The molecule has 0 aliphatic rings. The second kappa shape index (κ2) is 2.93. The summed E-state index contributed by atoms with van der Waals surface area (Å²) in [6, 6.07) is 7.94. The molecule has 0 unspecified atom stereocenters.